The smallest absolute Gasteiger partial charge is 0.333 e. The second-order valence-electron chi connectivity index (χ2n) is 6.48. The van der Waals surface area contributed by atoms with Crippen molar-refractivity contribution in [2.24, 2.45) is 0 Å². The number of ether oxygens (including phenoxy) is 1. The number of rotatable bonds is 4. The van der Waals surface area contributed by atoms with Gasteiger partial charge < -0.3 is 9.30 Å². The van der Waals surface area contributed by atoms with E-state index in [1.165, 1.54) is 20.2 Å². The number of fused-ring (bicyclic) bond motifs is 1. The Labute approximate surface area is 161 Å². The molecule has 146 valence electrons. The monoisotopic (exact) mass is 383 g/mol. The predicted molar refractivity (Wildman–Crippen MR) is 102 cm³/mol. The number of hydrogen-bond acceptors (Lipinski definition) is 5. The SMILES string of the molecule is CCOC(=O)Cn1c(C)c(C=C2C(=O)N(C)C(=O)N(C)C2=O)c2ccccc21. The van der Waals surface area contributed by atoms with E-state index in [2.05, 4.69) is 0 Å². The fraction of sp³-hybridized carbons (Fsp3) is 0.300. The molecule has 8 nitrogen and oxygen atoms in total. The number of para-hydroxylation sites is 1. The molecule has 0 atom stereocenters. The van der Waals surface area contributed by atoms with Gasteiger partial charge >= 0.3 is 12.0 Å². The summed E-state index contributed by atoms with van der Waals surface area (Å²) in [6.45, 7) is 3.85. The minimum absolute atomic E-state index is 0.0174. The molecule has 0 aliphatic carbocycles. The number of imide groups is 2. The summed E-state index contributed by atoms with van der Waals surface area (Å²) >= 11 is 0. The van der Waals surface area contributed by atoms with Gasteiger partial charge in [-0.15, -0.1) is 0 Å². The molecule has 2 aromatic rings. The van der Waals surface area contributed by atoms with E-state index in [1.54, 1.807) is 11.5 Å². The molecule has 1 aliphatic heterocycles. The van der Waals surface area contributed by atoms with Gasteiger partial charge in [-0.3, -0.25) is 24.2 Å². The normalized spacial score (nSPS) is 14.9. The lowest BCUT2D eigenvalue weighted by Crippen LogP contribution is -2.52. The molecular weight excluding hydrogens is 362 g/mol. The van der Waals surface area contributed by atoms with Crippen molar-refractivity contribution in [3.8, 4) is 0 Å². The van der Waals surface area contributed by atoms with Gasteiger partial charge in [-0.1, -0.05) is 18.2 Å². The molecule has 1 saturated heterocycles. The van der Waals surface area contributed by atoms with Gasteiger partial charge in [0.15, 0.2) is 0 Å². The summed E-state index contributed by atoms with van der Waals surface area (Å²) < 4.78 is 6.84. The number of barbiturate groups is 1. The Morgan fingerprint density at radius 3 is 2.29 bits per heavy atom. The lowest BCUT2D eigenvalue weighted by atomic mass is 10.0. The summed E-state index contributed by atoms with van der Waals surface area (Å²) in [5.41, 5.74) is 2.04. The van der Waals surface area contributed by atoms with E-state index in [-0.39, 0.29) is 24.7 Å². The summed E-state index contributed by atoms with van der Waals surface area (Å²) in [6, 6.07) is 6.72. The molecule has 1 aliphatic rings. The van der Waals surface area contributed by atoms with Gasteiger partial charge in [-0.25, -0.2) is 4.79 Å². The van der Waals surface area contributed by atoms with Gasteiger partial charge in [0.2, 0.25) is 0 Å². The Morgan fingerprint density at radius 2 is 1.68 bits per heavy atom. The number of urea groups is 1. The number of amides is 4. The molecule has 0 radical (unpaired) electrons. The fourth-order valence-corrected chi connectivity index (χ4v) is 3.30. The standard InChI is InChI=1S/C20H21N3O5/c1-5-28-17(24)11-23-12(2)14(13-8-6-7-9-16(13)23)10-15-18(25)21(3)20(27)22(4)19(15)26/h6-10H,5,11H2,1-4H3. The van der Waals surface area contributed by atoms with Crippen LogP contribution >= 0.6 is 0 Å². The van der Waals surface area contributed by atoms with E-state index in [9.17, 15) is 19.2 Å². The zero-order valence-electron chi connectivity index (χ0n) is 16.2. The number of hydrogen-bond donors (Lipinski definition) is 0. The fourth-order valence-electron chi connectivity index (χ4n) is 3.30. The third-order valence-corrected chi connectivity index (χ3v) is 4.80. The Balaban J connectivity index is 2.16. The van der Waals surface area contributed by atoms with Crippen molar-refractivity contribution < 1.29 is 23.9 Å². The van der Waals surface area contributed by atoms with Crippen molar-refractivity contribution in [1.29, 1.82) is 0 Å². The number of carbonyl (C=O) groups is 4. The summed E-state index contributed by atoms with van der Waals surface area (Å²) in [5, 5.41) is 0.791. The second-order valence-corrected chi connectivity index (χ2v) is 6.48. The zero-order valence-corrected chi connectivity index (χ0v) is 16.2. The van der Waals surface area contributed by atoms with Crippen LogP contribution in [0.3, 0.4) is 0 Å². The van der Waals surface area contributed by atoms with Gasteiger partial charge in [0.1, 0.15) is 12.1 Å². The predicted octanol–water partition coefficient (Wildman–Crippen LogP) is 1.95. The number of carbonyl (C=O) groups excluding carboxylic acids is 4. The minimum Gasteiger partial charge on any atom is -0.465 e. The second kappa shape index (κ2) is 7.30. The van der Waals surface area contributed by atoms with Crippen LogP contribution in [0.2, 0.25) is 0 Å². The summed E-state index contributed by atoms with van der Waals surface area (Å²) in [7, 11) is 2.66. The highest BCUT2D eigenvalue weighted by Crippen LogP contribution is 2.29. The maximum atomic E-state index is 12.5. The van der Waals surface area contributed by atoms with Crippen LogP contribution in [-0.4, -0.2) is 58.9 Å². The van der Waals surface area contributed by atoms with Crippen molar-refractivity contribution in [3.63, 3.8) is 0 Å². The Hall–Kier alpha value is -3.42. The maximum Gasteiger partial charge on any atom is 0.333 e. The van der Waals surface area contributed by atoms with Crippen LogP contribution in [-0.2, 0) is 25.7 Å². The molecule has 0 bridgehead atoms. The molecule has 3 rings (SSSR count). The highest BCUT2D eigenvalue weighted by molar-refractivity contribution is 6.31. The number of aromatic nitrogens is 1. The van der Waals surface area contributed by atoms with E-state index in [0.717, 1.165) is 20.7 Å². The number of nitrogens with zero attached hydrogens (tertiary/aromatic N) is 3. The lowest BCUT2D eigenvalue weighted by molar-refractivity contribution is -0.143. The molecule has 0 N–H and O–H groups in total. The Kier molecular flexibility index (Phi) is 5.04. The quantitative estimate of drug-likeness (QED) is 0.457. The first kappa shape index (κ1) is 19.3. The molecule has 28 heavy (non-hydrogen) atoms. The van der Waals surface area contributed by atoms with Gasteiger partial charge in [0, 0.05) is 36.3 Å². The van der Waals surface area contributed by atoms with Gasteiger partial charge in [0.05, 0.1) is 6.61 Å². The number of likely N-dealkylation sites (N-methyl/N-ethyl adjacent to an activating group) is 2. The maximum absolute atomic E-state index is 12.5. The summed E-state index contributed by atoms with van der Waals surface area (Å²) in [6.07, 6.45) is 1.49. The first-order chi connectivity index (χ1) is 13.3. The van der Waals surface area contributed by atoms with Gasteiger partial charge in [0.25, 0.3) is 11.8 Å². The van der Waals surface area contributed by atoms with Crippen LogP contribution in [0.1, 0.15) is 18.2 Å². The molecule has 1 fully saturated rings. The third-order valence-electron chi connectivity index (χ3n) is 4.80. The molecule has 4 amide bonds. The van der Waals surface area contributed by atoms with Crippen molar-refractivity contribution in [2.75, 3.05) is 20.7 Å². The van der Waals surface area contributed by atoms with Crippen LogP contribution in [0, 0.1) is 6.92 Å². The van der Waals surface area contributed by atoms with E-state index in [0.29, 0.717) is 11.3 Å². The average Bonchev–Trinajstić information content (AvgIpc) is 2.94. The molecule has 1 aromatic heterocycles. The number of benzene rings is 1. The molecule has 0 unspecified atom stereocenters. The Morgan fingerprint density at radius 1 is 1.07 bits per heavy atom. The van der Waals surface area contributed by atoms with Crippen molar-refractivity contribution in [2.45, 2.75) is 20.4 Å². The van der Waals surface area contributed by atoms with E-state index >= 15 is 0 Å². The van der Waals surface area contributed by atoms with E-state index in [4.69, 9.17) is 4.74 Å². The molecule has 2 heterocycles. The van der Waals surface area contributed by atoms with Crippen LogP contribution in [0.25, 0.3) is 17.0 Å². The Bertz CT molecular complexity index is 1010. The highest BCUT2D eigenvalue weighted by Gasteiger charge is 2.38. The molecular formula is C20H21N3O5. The van der Waals surface area contributed by atoms with Crippen LogP contribution in [0.4, 0.5) is 4.79 Å². The van der Waals surface area contributed by atoms with Crippen molar-refractivity contribution in [1.82, 2.24) is 14.4 Å². The van der Waals surface area contributed by atoms with E-state index in [1.807, 2.05) is 31.2 Å². The largest absolute Gasteiger partial charge is 0.465 e. The summed E-state index contributed by atoms with van der Waals surface area (Å²) in [4.78, 5) is 50.8. The van der Waals surface area contributed by atoms with Crippen molar-refractivity contribution in [3.05, 3.63) is 41.1 Å². The van der Waals surface area contributed by atoms with Crippen LogP contribution in [0.15, 0.2) is 29.8 Å². The first-order valence-corrected chi connectivity index (χ1v) is 8.83. The number of esters is 1. The summed E-state index contributed by atoms with van der Waals surface area (Å²) in [5.74, 6) is -1.69. The van der Waals surface area contributed by atoms with Crippen molar-refractivity contribution >= 4 is 40.8 Å². The van der Waals surface area contributed by atoms with Crippen LogP contribution in [0.5, 0.6) is 0 Å². The van der Waals surface area contributed by atoms with Gasteiger partial charge in [-0.05, 0) is 26.0 Å². The zero-order chi connectivity index (χ0) is 20.6. The average molecular weight is 383 g/mol. The minimum atomic E-state index is -0.673. The molecule has 0 spiro atoms. The lowest BCUT2D eigenvalue weighted by Gasteiger charge is -2.28. The third kappa shape index (κ3) is 3.06. The topological polar surface area (TPSA) is 88.9 Å². The van der Waals surface area contributed by atoms with E-state index < -0.39 is 17.8 Å². The molecule has 0 saturated carbocycles. The van der Waals surface area contributed by atoms with Crippen LogP contribution < -0.4 is 0 Å². The first-order valence-electron chi connectivity index (χ1n) is 8.83. The van der Waals surface area contributed by atoms with Gasteiger partial charge in [-0.2, -0.15) is 0 Å². The molecule has 1 aromatic carbocycles. The highest BCUT2D eigenvalue weighted by atomic mass is 16.5. The molecule has 8 heteroatoms.